The van der Waals surface area contributed by atoms with Gasteiger partial charge in [-0.15, -0.1) is 0 Å². The molecule has 8 nitrogen and oxygen atoms in total. The zero-order chi connectivity index (χ0) is 26.2. The summed E-state index contributed by atoms with van der Waals surface area (Å²) < 4.78 is 18.3. The van der Waals surface area contributed by atoms with Crippen molar-refractivity contribution in [2.45, 2.75) is 59.2 Å². The van der Waals surface area contributed by atoms with Gasteiger partial charge in [-0.1, -0.05) is 6.08 Å². The van der Waals surface area contributed by atoms with Crippen LogP contribution in [-0.4, -0.2) is 26.7 Å². The van der Waals surface area contributed by atoms with Gasteiger partial charge in [-0.3, -0.25) is 4.79 Å². The Morgan fingerprint density at radius 3 is 2.22 bits per heavy atom. The van der Waals surface area contributed by atoms with Crippen molar-refractivity contribution in [1.82, 2.24) is 0 Å². The van der Waals surface area contributed by atoms with E-state index in [2.05, 4.69) is 4.89 Å². The summed E-state index contributed by atoms with van der Waals surface area (Å²) in [5.74, 6) is 0.0887. The molecule has 0 atom stereocenters. The van der Waals surface area contributed by atoms with Crippen LogP contribution in [0.1, 0.15) is 58.2 Å². The fourth-order valence-corrected chi connectivity index (χ4v) is 4.54. The summed E-state index contributed by atoms with van der Waals surface area (Å²) in [5, 5.41) is 31.9. The first-order valence-corrected chi connectivity index (χ1v) is 11.6. The molecule has 2 aliphatic rings. The number of phenols is 2. The van der Waals surface area contributed by atoms with Gasteiger partial charge in [-0.2, -0.15) is 0 Å². The number of allylic oxidation sites excluding steroid dienone is 2. The van der Waals surface area contributed by atoms with E-state index in [9.17, 15) is 20.3 Å². The summed E-state index contributed by atoms with van der Waals surface area (Å²) in [4.78, 5) is 18.3. The Bertz CT molecular complexity index is 1590. The summed E-state index contributed by atoms with van der Waals surface area (Å²) in [6, 6.07) is 1.58. The predicted molar refractivity (Wildman–Crippen MR) is 137 cm³/mol. The highest BCUT2D eigenvalue weighted by atomic mass is 17.1. The van der Waals surface area contributed by atoms with Gasteiger partial charge >= 0.3 is 0 Å². The van der Waals surface area contributed by atoms with E-state index in [1.165, 1.54) is 0 Å². The molecule has 2 aliphatic heterocycles. The van der Waals surface area contributed by atoms with Crippen LogP contribution in [0.15, 0.2) is 38.8 Å². The minimum atomic E-state index is -0.711. The number of ether oxygens (including phenoxy) is 2. The Balaban J connectivity index is 1.90. The number of fused-ring (bicyclic) bond motifs is 5. The molecule has 1 aromatic heterocycles. The summed E-state index contributed by atoms with van der Waals surface area (Å²) >= 11 is 0. The van der Waals surface area contributed by atoms with Gasteiger partial charge in [-0.05, 0) is 71.4 Å². The van der Waals surface area contributed by atoms with Crippen molar-refractivity contribution < 1.29 is 34.2 Å². The fourth-order valence-electron chi connectivity index (χ4n) is 4.54. The SMILES string of the molecule is CC(C)=C(Cc1c2c(c3oc4c(O)c5c(cc4c(=O)c3c1O)C=CC(C)(C)O5)C=CC(C)(C)O2)OO. The van der Waals surface area contributed by atoms with E-state index in [4.69, 9.17) is 13.9 Å². The molecule has 3 N–H and O–H groups in total. The van der Waals surface area contributed by atoms with E-state index in [0.29, 0.717) is 22.4 Å². The van der Waals surface area contributed by atoms with Crippen molar-refractivity contribution in [1.29, 1.82) is 0 Å². The summed E-state index contributed by atoms with van der Waals surface area (Å²) in [5.41, 5.74) is 0.0553. The monoisotopic (exact) mass is 492 g/mol. The van der Waals surface area contributed by atoms with Crippen LogP contribution in [0.3, 0.4) is 0 Å². The second-order valence-corrected chi connectivity index (χ2v) is 10.5. The normalized spacial score (nSPS) is 16.8. The van der Waals surface area contributed by atoms with Gasteiger partial charge in [0.1, 0.15) is 33.8 Å². The first kappa shape index (κ1) is 23.8. The average Bonchev–Trinajstić information content (AvgIpc) is 2.79. The molecule has 3 heterocycles. The molecule has 0 unspecified atom stereocenters. The van der Waals surface area contributed by atoms with Crippen LogP contribution >= 0.6 is 0 Å². The highest BCUT2D eigenvalue weighted by molar-refractivity contribution is 6.02. The number of benzene rings is 2. The van der Waals surface area contributed by atoms with Crippen molar-refractivity contribution >= 4 is 34.1 Å². The standard InChI is InChI=1S/C28H28O8/c1-13(2)18(36-32)12-17-21(30)19-20(29)16-11-14-7-9-27(3,4)34-23(14)22(31)26(16)33-25(19)15-8-10-28(5,6)35-24(15)17/h7-11,30-32H,12H2,1-6H3. The maximum Gasteiger partial charge on any atom is 0.204 e. The summed E-state index contributed by atoms with van der Waals surface area (Å²) in [6.45, 7) is 10.9. The van der Waals surface area contributed by atoms with Crippen LogP contribution in [0, 0.1) is 0 Å². The van der Waals surface area contributed by atoms with E-state index in [1.54, 1.807) is 32.1 Å². The van der Waals surface area contributed by atoms with Crippen LogP contribution in [0.4, 0.5) is 0 Å². The maximum absolute atomic E-state index is 13.8. The third kappa shape index (κ3) is 3.60. The van der Waals surface area contributed by atoms with Crippen molar-refractivity contribution in [2.75, 3.05) is 0 Å². The second-order valence-electron chi connectivity index (χ2n) is 10.5. The number of phenolic OH excluding ortho intramolecular Hbond substituents is 2. The van der Waals surface area contributed by atoms with E-state index in [0.717, 1.165) is 0 Å². The predicted octanol–water partition coefficient (Wildman–Crippen LogP) is 6.05. The van der Waals surface area contributed by atoms with Gasteiger partial charge in [0.15, 0.2) is 16.9 Å². The van der Waals surface area contributed by atoms with Gasteiger partial charge in [0, 0.05) is 17.5 Å². The molecule has 2 aromatic carbocycles. The van der Waals surface area contributed by atoms with Crippen molar-refractivity contribution in [2.24, 2.45) is 0 Å². The molecule has 5 rings (SSSR count). The Morgan fingerprint density at radius 1 is 0.944 bits per heavy atom. The lowest BCUT2D eigenvalue weighted by molar-refractivity contribution is -0.205. The quantitative estimate of drug-likeness (QED) is 0.175. The molecular formula is C28H28O8. The largest absolute Gasteiger partial charge is 0.507 e. The Hall–Kier alpha value is -3.91. The zero-order valence-corrected chi connectivity index (χ0v) is 21.0. The Kier molecular flexibility index (Phi) is 5.16. The van der Waals surface area contributed by atoms with Crippen molar-refractivity contribution in [3.63, 3.8) is 0 Å². The van der Waals surface area contributed by atoms with Gasteiger partial charge in [0.05, 0.1) is 10.9 Å². The van der Waals surface area contributed by atoms with E-state index >= 15 is 0 Å². The highest BCUT2D eigenvalue weighted by Crippen LogP contribution is 2.48. The molecule has 0 saturated carbocycles. The molecule has 0 fully saturated rings. The van der Waals surface area contributed by atoms with Crippen molar-refractivity contribution in [3.8, 4) is 23.0 Å². The number of hydrogen-bond donors (Lipinski definition) is 3. The molecule has 0 bridgehead atoms. The highest BCUT2D eigenvalue weighted by Gasteiger charge is 2.33. The molecule has 3 aromatic rings. The number of hydrogen-bond acceptors (Lipinski definition) is 8. The molecule has 36 heavy (non-hydrogen) atoms. The smallest absolute Gasteiger partial charge is 0.204 e. The van der Waals surface area contributed by atoms with E-state index in [-0.39, 0.29) is 56.9 Å². The summed E-state index contributed by atoms with van der Waals surface area (Å²) in [7, 11) is 0. The molecule has 0 saturated heterocycles. The third-order valence-corrected chi connectivity index (χ3v) is 6.48. The van der Waals surface area contributed by atoms with Crippen LogP contribution in [-0.2, 0) is 11.3 Å². The average molecular weight is 493 g/mol. The van der Waals surface area contributed by atoms with Crippen LogP contribution in [0.2, 0.25) is 0 Å². The lowest BCUT2D eigenvalue weighted by Gasteiger charge is -2.30. The van der Waals surface area contributed by atoms with Crippen LogP contribution in [0.25, 0.3) is 34.1 Å². The number of aromatic hydroxyl groups is 2. The van der Waals surface area contributed by atoms with Gasteiger partial charge in [0.25, 0.3) is 0 Å². The van der Waals surface area contributed by atoms with Gasteiger partial charge in [-0.25, -0.2) is 5.26 Å². The minimum Gasteiger partial charge on any atom is -0.507 e. The van der Waals surface area contributed by atoms with Crippen molar-refractivity contribution in [3.05, 3.63) is 56.5 Å². The third-order valence-electron chi connectivity index (χ3n) is 6.48. The summed E-state index contributed by atoms with van der Waals surface area (Å²) in [6.07, 6.45) is 7.16. The topological polar surface area (TPSA) is 119 Å². The molecular weight excluding hydrogens is 464 g/mol. The van der Waals surface area contributed by atoms with Crippen LogP contribution in [0.5, 0.6) is 23.0 Å². The minimum absolute atomic E-state index is 0.0224. The lowest BCUT2D eigenvalue weighted by Crippen LogP contribution is -2.28. The van der Waals surface area contributed by atoms with E-state index in [1.807, 2.05) is 39.8 Å². The fraction of sp³-hybridized carbons (Fsp3) is 0.321. The number of rotatable bonds is 3. The molecule has 8 heteroatoms. The molecule has 0 amide bonds. The molecule has 188 valence electrons. The van der Waals surface area contributed by atoms with Crippen LogP contribution < -0.4 is 14.9 Å². The maximum atomic E-state index is 13.8. The van der Waals surface area contributed by atoms with Gasteiger partial charge in [0.2, 0.25) is 11.2 Å². The first-order valence-electron chi connectivity index (χ1n) is 11.6. The zero-order valence-electron chi connectivity index (χ0n) is 21.0. The lowest BCUT2D eigenvalue weighted by atomic mass is 9.93. The Morgan fingerprint density at radius 2 is 1.58 bits per heavy atom. The second kappa shape index (κ2) is 7.80. The Labute approximate surface area is 207 Å². The molecule has 0 spiro atoms. The molecule has 0 aliphatic carbocycles. The first-order chi connectivity index (χ1) is 16.8. The van der Waals surface area contributed by atoms with Gasteiger partial charge < -0.3 is 29.0 Å². The van der Waals surface area contributed by atoms with E-state index < -0.39 is 16.6 Å². The molecule has 0 radical (unpaired) electrons.